The maximum Gasteiger partial charge on any atom is 0.226 e. The smallest absolute Gasteiger partial charge is 0.226 e. The number of ether oxygens (including phenoxy) is 1. The molecule has 0 bridgehead atoms. The minimum Gasteiger partial charge on any atom is -0.324 e. The Morgan fingerprint density at radius 3 is 2.74 bits per heavy atom. The lowest BCUT2D eigenvalue weighted by molar-refractivity contribution is -0.131. The highest BCUT2D eigenvalue weighted by atomic mass is 79.9. The van der Waals surface area contributed by atoms with Crippen molar-refractivity contribution in [2.45, 2.75) is 55.7 Å². The summed E-state index contributed by atoms with van der Waals surface area (Å²) in [5.41, 5.74) is 5.94. The summed E-state index contributed by atoms with van der Waals surface area (Å²) in [7, 11) is 0. The number of carbonyl (C=O) groups excluding carboxylic acids is 1. The van der Waals surface area contributed by atoms with Crippen molar-refractivity contribution >= 4 is 21.8 Å². The van der Waals surface area contributed by atoms with Crippen LogP contribution < -0.4 is 16.2 Å². The van der Waals surface area contributed by atoms with Crippen molar-refractivity contribution < 1.29 is 13.9 Å². The molecule has 5 unspecified atom stereocenters. The van der Waals surface area contributed by atoms with Crippen LogP contribution in [0.2, 0.25) is 0 Å². The summed E-state index contributed by atoms with van der Waals surface area (Å²) in [4.78, 5) is 11.9. The van der Waals surface area contributed by atoms with Gasteiger partial charge in [-0.05, 0) is 38.0 Å². The van der Waals surface area contributed by atoms with Crippen molar-refractivity contribution in [1.29, 1.82) is 0 Å². The SMILES string of the molecule is O=C(NC1NNC(C2CC2)O1)C1CCC(Br)C(F)C1. The van der Waals surface area contributed by atoms with Crippen LogP contribution in [0.5, 0.6) is 0 Å². The van der Waals surface area contributed by atoms with Crippen LogP contribution in [0.15, 0.2) is 0 Å². The molecule has 0 aromatic rings. The van der Waals surface area contributed by atoms with Gasteiger partial charge in [-0.1, -0.05) is 15.9 Å². The second kappa shape index (κ2) is 5.63. The van der Waals surface area contributed by atoms with Gasteiger partial charge < -0.3 is 10.1 Å². The molecule has 1 saturated heterocycles. The molecule has 0 aromatic heterocycles. The minimum atomic E-state index is -0.945. The Hall–Kier alpha value is -0.240. The fourth-order valence-corrected chi connectivity index (χ4v) is 3.11. The van der Waals surface area contributed by atoms with Gasteiger partial charge in [-0.25, -0.2) is 15.2 Å². The predicted molar refractivity (Wildman–Crippen MR) is 70.8 cm³/mol. The van der Waals surface area contributed by atoms with E-state index >= 15 is 0 Å². The number of hydrogen-bond donors (Lipinski definition) is 3. The highest BCUT2D eigenvalue weighted by Gasteiger charge is 2.39. The third-order valence-electron chi connectivity index (χ3n) is 4.03. The van der Waals surface area contributed by atoms with Crippen molar-refractivity contribution in [2.75, 3.05) is 0 Å². The van der Waals surface area contributed by atoms with E-state index in [9.17, 15) is 9.18 Å². The quantitative estimate of drug-likeness (QED) is 0.677. The molecule has 0 aromatic carbocycles. The van der Waals surface area contributed by atoms with E-state index in [1.165, 1.54) is 12.8 Å². The topological polar surface area (TPSA) is 62.4 Å². The Bertz CT molecular complexity index is 356. The molecule has 108 valence electrons. The Labute approximate surface area is 120 Å². The first-order valence-corrected chi connectivity index (χ1v) is 7.80. The summed E-state index contributed by atoms with van der Waals surface area (Å²) >= 11 is 3.30. The van der Waals surface area contributed by atoms with Gasteiger partial charge in [-0.2, -0.15) is 0 Å². The number of carbonyl (C=O) groups is 1. The predicted octanol–water partition coefficient (Wildman–Crippen LogP) is 1.15. The Kier molecular flexibility index (Phi) is 4.07. The van der Waals surface area contributed by atoms with Crippen LogP contribution in [0.3, 0.4) is 0 Å². The van der Waals surface area contributed by atoms with Crippen LogP contribution >= 0.6 is 15.9 Å². The van der Waals surface area contributed by atoms with E-state index in [1.54, 1.807) is 0 Å². The Morgan fingerprint density at radius 1 is 1.26 bits per heavy atom. The van der Waals surface area contributed by atoms with Crippen LogP contribution in [0.1, 0.15) is 32.1 Å². The van der Waals surface area contributed by atoms with E-state index in [1.807, 2.05) is 0 Å². The fraction of sp³-hybridized carbons (Fsp3) is 0.917. The van der Waals surface area contributed by atoms with Crippen LogP contribution in [0.25, 0.3) is 0 Å². The maximum atomic E-state index is 13.6. The van der Waals surface area contributed by atoms with Crippen molar-refractivity contribution in [2.24, 2.45) is 11.8 Å². The molecule has 3 N–H and O–H groups in total. The highest BCUT2D eigenvalue weighted by molar-refractivity contribution is 9.09. The van der Waals surface area contributed by atoms with E-state index < -0.39 is 12.5 Å². The maximum absolute atomic E-state index is 13.6. The van der Waals surface area contributed by atoms with Crippen LogP contribution in [0, 0.1) is 11.8 Å². The molecular formula is C12H19BrFN3O2. The molecule has 19 heavy (non-hydrogen) atoms. The highest BCUT2D eigenvalue weighted by Crippen LogP contribution is 2.34. The lowest BCUT2D eigenvalue weighted by atomic mass is 9.87. The number of hydrogen-bond acceptors (Lipinski definition) is 4. The molecule has 5 nitrogen and oxygen atoms in total. The number of nitrogens with one attached hydrogen (secondary N) is 3. The van der Waals surface area contributed by atoms with Crippen molar-refractivity contribution in [3.8, 4) is 0 Å². The van der Waals surface area contributed by atoms with Crippen LogP contribution in [-0.4, -0.2) is 29.5 Å². The van der Waals surface area contributed by atoms with Gasteiger partial charge >= 0.3 is 0 Å². The molecule has 3 fully saturated rings. The first kappa shape index (κ1) is 13.7. The van der Waals surface area contributed by atoms with Gasteiger partial charge in [0.25, 0.3) is 0 Å². The lowest BCUT2D eigenvalue weighted by Gasteiger charge is -2.28. The zero-order valence-electron chi connectivity index (χ0n) is 10.6. The molecular weight excluding hydrogens is 317 g/mol. The number of amides is 1. The largest absolute Gasteiger partial charge is 0.324 e. The molecule has 0 spiro atoms. The van der Waals surface area contributed by atoms with Crippen molar-refractivity contribution in [1.82, 2.24) is 16.2 Å². The second-order valence-electron chi connectivity index (χ2n) is 5.61. The van der Waals surface area contributed by atoms with Crippen LogP contribution in [0.4, 0.5) is 4.39 Å². The summed E-state index contributed by atoms with van der Waals surface area (Å²) in [6.45, 7) is 0. The van der Waals surface area contributed by atoms with Gasteiger partial charge in [-0.15, -0.1) is 0 Å². The summed E-state index contributed by atoms with van der Waals surface area (Å²) in [6, 6.07) is 0. The molecule has 5 atom stereocenters. The Balaban J connectivity index is 1.46. The van der Waals surface area contributed by atoms with Gasteiger partial charge in [0, 0.05) is 10.7 Å². The molecule has 1 heterocycles. The molecule has 1 aliphatic heterocycles. The third-order valence-corrected chi connectivity index (χ3v) is 5.06. The monoisotopic (exact) mass is 335 g/mol. The van der Waals surface area contributed by atoms with Gasteiger partial charge in [0.2, 0.25) is 12.3 Å². The van der Waals surface area contributed by atoms with E-state index in [2.05, 4.69) is 32.1 Å². The molecule has 3 rings (SSSR count). The second-order valence-corrected chi connectivity index (χ2v) is 6.79. The van der Waals surface area contributed by atoms with Crippen molar-refractivity contribution in [3.63, 3.8) is 0 Å². The molecule has 0 radical (unpaired) electrons. The van der Waals surface area contributed by atoms with Gasteiger partial charge in [0.1, 0.15) is 12.4 Å². The summed E-state index contributed by atoms with van der Waals surface area (Å²) in [5.74, 6) is 0.167. The number of halogens is 2. The molecule has 2 saturated carbocycles. The summed E-state index contributed by atoms with van der Waals surface area (Å²) in [5, 5.41) is 2.78. The Morgan fingerprint density at radius 2 is 2.05 bits per heavy atom. The van der Waals surface area contributed by atoms with Gasteiger partial charge in [-0.3, -0.25) is 4.79 Å². The number of alkyl halides is 2. The first-order valence-electron chi connectivity index (χ1n) is 6.88. The zero-order chi connectivity index (χ0) is 13.4. The third kappa shape index (κ3) is 3.26. The molecule has 3 aliphatic rings. The number of hydrazine groups is 1. The summed E-state index contributed by atoms with van der Waals surface area (Å²) < 4.78 is 19.2. The fourth-order valence-electron chi connectivity index (χ4n) is 2.63. The van der Waals surface area contributed by atoms with E-state index in [4.69, 9.17) is 4.74 Å². The van der Waals surface area contributed by atoms with Crippen molar-refractivity contribution in [3.05, 3.63) is 0 Å². The van der Waals surface area contributed by atoms with E-state index in [0.29, 0.717) is 18.8 Å². The lowest BCUT2D eigenvalue weighted by Crippen LogP contribution is -2.48. The van der Waals surface area contributed by atoms with Gasteiger partial charge in [0.05, 0.1) is 0 Å². The molecule has 7 heteroatoms. The normalized spacial score (nSPS) is 43.2. The average Bonchev–Trinajstić information content (AvgIpc) is 3.14. The molecule has 2 aliphatic carbocycles. The standard InChI is InChI=1S/C12H19BrFN3O2/c13-8-4-3-7(5-9(8)14)10(18)15-12-17-16-11(19-12)6-1-2-6/h6-9,11-12,16-17H,1-5H2,(H,15,18). The zero-order valence-corrected chi connectivity index (χ0v) is 12.2. The minimum absolute atomic E-state index is 0.0162. The van der Waals surface area contributed by atoms with Crippen LogP contribution in [-0.2, 0) is 9.53 Å². The number of rotatable bonds is 3. The van der Waals surface area contributed by atoms with E-state index in [-0.39, 0.29) is 29.3 Å². The summed E-state index contributed by atoms with van der Waals surface area (Å²) in [6.07, 6.45) is 2.57. The molecule has 1 amide bonds. The van der Waals surface area contributed by atoms with E-state index in [0.717, 1.165) is 0 Å². The first-order chi connectivity index (χ1) is 9.13. The van der Waals surface area contributed by atoms with Gasteiger partial charge in [0.15, 0.2) is 0 Å². The average molecular weight is 336 g/mol.